The monoisotopic (exact) mass is 519 g/mol. The number of hydrogen-bond donors (Lipinski definition) is 2. The number of ether oxygens (including phenoxy) is 2. The molecule has 198 valence electrons. The van der Waals surface area contributed by atoms with Gasteiger partial charge in [0.05, 0.1) is 26.8 Å². The molecule has 0 saturated heterocycles. The van der Waals surface area contributed by atoms with E-state index in [1.54, 1.807) is 14.2 Å². The van der Waals surface area contributed by atoms with E-state index in [9.17, 15) is 0 Å². The highest BCUT2D eigenvalue weighted by Crippen LogP contribution is 2.34. The van der Waals surface area contributed by atoms with Crippen LogP contribution in [-0.4, -0.2) is 34.0 Å². The standard InChI is InChI=1S/C32H33N5O2/c1-38-25-15-13-24(30(18-25)39-2)20-37-31(16-14-23-19-34-29-10-6-5-9-27(23)29)35-36-32(37)28(33)17-22-12-11-21-7-3-4-8-26(21)22/h3-10,12-13,15,18-19,28,34H,11,14,16-17,20,33H2,1-2H3/t28-/m1/s1. The van der Waals surface area contributed by atoms with Crippen molar-refractivity contribution >= 4 is 16.5 Å². The van der Waals surface area contributed by atoms with E-state index in [1.165, 1.54) is 27.6 Å². The normalized spacial score (nSPS) is 13.4. The molecule has 2 aromatic heterocycles. The first-order chi connectivity index (χ1) is 19.1. The summed E-state index contributed by atoms with van der Waals surface area (Å²) in [6.45, 7) is 0.558. The average molecular weight is 520 g/mol. The number of nitrogens with two attached hydrogens (primary N) is 1. The van der Waals surface area contributed by atoms with Crippen molar-refractivity contribution in [3.05, 3.63) is 113 Å². The first-order valence-corrected chi connectivity index (χ1v) is 13.4. The highest BCUT2D eigenvalue weighted by molar-refractivity contribution is 5.83. The van der Waals surface area contributed by atoms with E-state index < -0.39 is 0 Å². The van der Waals surface area contributed by atoms with Gasteiger partial charge in [0.15, 0.2) is 5.82 Å². The van der Waals surface area contributed by atoms with Gasteiger partial charge in [-0.05, 0) is 59.7 Å². The molecule has 0 aliphatic heterocycles. The zero-order valence-corrected chi connectivity index (χ0v) is 22.4. The minimum Gasteiger partial charge on any atom is -0.497 e. The van der Waals surface area contributed by atoms with E-state index in [1.807, 2.05) is 24.3 Å². The second-order valence-electron chi connectivity index (χ2n) is 10.00. The predicted molar refractivity (Wildman–Crippen MR) is 154 cm³/mol. The Kier molecular flexibility index (Phi) is 6.90. The molecule has 39 heavy (non-hydrogen) atoms. The topological polar surface area (TPSA) is 91.0 Å². The number of hydrogen-bond acceptors (Lipinski definition) is 5. The quantitative estimate of drug-likeness (QED) is 0.249. The lowest BCUT2D eigenvalue weighted by molar-refractivity contribution is 0.389. The number of fused-ring (bicyclic) bond motifs is 2. The lowest BCUT2D eigenvalue weighted by atomic mass is 9.99. The fourth-order valence-electron chi connectivity index (χ4n) is 5.59. The molecule has 3 N–H and O–H groups in total. The van der Waals surface area contributed by atoms with E-state index in [4.69, 9.17) is 15.2 Å². The number of aromatic nitrogens is 4. The molecule has 1 aliphatic rings. The van der Waals surface area contributed by atoms with Crippen LogP contribution in [0.2, 0.25) is 0 Å². The zero-order valence-electron chi connectivity index (χ0n) is 22.4. The van der Waals surface area contributed by atoms with Crippen molar-refractivity contribution in [1.29, 1.82) is 0 Å². The average Bonchev–Trinajstić information content (AvgIpc) is 3.69. The molecule has 0 amide bonds. The third-order valence-corrected chi connectivity index (χ3v) is 7.67. The van der Waals surface area contributed by atoms with E-state index in [0.29, 0.717) is 13.0 Å². The van der Waals surface area contributed by atoms with Crippen LogP contribution in [0.4, 0.5) is 0 Å². The maximum Gasteiger partial charge on any atom is 0.150 e. The number of allylic oxidation sites excluding steroid dienone is 1. The van der Waals surface area contributed by atoms with Gasteiger partial charge < -0.3 is 24.8 Å². The van der Waals surface area contributed by atoms with Gasteiger partial charge in [0, 0.05) is 35.2 Å². The number of aromatic amines is 1. The summed E-state index contributed by atoms with van der Waals surface area (Å²) >= 11 is 0. The van der Waals surface area contributed by atoms with Crippen LogP contribution in [0.5, 0.6) is 11.5 Å². The second kappa shape index (κ2) is 10.8. The molecule has 3 aromatic carbocycles. The zero-order chi connectivity index (χ0) is 26.8. The molecule has 0 fully saturated rings. The van der Waals surface area contributed by atoms with Gasteiger partial charge in [0.2, 0.25) is 0 Å². The van der Waals surface area contributed by atoms with E-state index in [2.05, 4.69) is 74.5 Å². The Morgan fingerprint density at radius 3 is 2.67 bits per heavy atom. The first-order valence-electron chi connectivity index (χ1n) is 13.4. The SMILES string of the molecule is COc1ccc(Cn2c(CCc3c[nH]c4ccccc34)nnc2[C@H](N)CC2=CCc3ccccc32)c(OC)c1. The minimum atomic E-state index is -0.291. The second-order valence-corrected chi connectivity index (χ2v) is 10.00. The van der Waals surface area contributed by atoms with Gasteiger partial charge in [0.25, 0.3) is 0 Å². The maximum absolute atomic E-state index is 6.86. The number of aryl methyl sites for hydroxylation is 2. The fourth-order valence-corrected chi connectivity index (χ4v) is 5.59. The lowest BCUT2D eigenvalue weighted by Crippen LogP contribution is -2.19. The molecule has 1 atom stereocenters. The molecular formula is C32H33N5O2. The molecule has 7 heteroatoms. The van der Waals surface area contributed by atoms with Crippen molar-refractivity contribution in [2.75, 3.05) is 14.2 Å². The summed E-state index contributed by atoms with van der Waals surface area (Å²) in [7, 11) is 3.34. The molecule has 0 unspecified atom stereocenters. The highest BCUT2D eigenvalue weighted by Gasteiger charge is 2.23. The summed E-state index contributed by atoms with van der Waals surface area (Å²) in [5, 5.41) is 10.5. The third kappa shape index (κ3) is 4.93. The fraction of sp³-hybridized carbons (Fsp3) is 0.250. The molecule has 0 spiro atoms. The van der Waals surface area contributed by atoms with Crippen molar-refractivity contribution in [3.63, 3.8) is 0 Å². The van der Waals surface area contributed by atoms with Gasteiger partial charge in [0.1, 0.15) is 17.3 Å². The third-order valence-electron chi connectivity index (χ3n) is 7.67. The first kappa shape index (κ1) is 24.9. The van der Waals surface area contributed by atoms with Crippen molar-refractivity contribution in [3.8, 4) is 11.5 Å². The van der Waals surface area contributed by atoms with E-state index in [0.717, 1.165) is 53.5 Å². The van der Waals surface area contributed by atoms with Gasteiger partial charge in [-0.25, -0.2) is 0 Å². The molecular weight excluding hydrogens is 486 g/mol. The van der Waals surface area contributed by atoms with Crippen LogP contribution < -0.4 is 15.2 Å². The Morgan fingerprint density at radius 2 is 1.79 bits per heavy atom. The molecule has 1 aliphatic carbocycles. The van der Waals surface area contributed by atoms with Crippen LogP contribution in [0, 0.1) is 0 Å². The Morgan fingerprint density at radius 1 is 0.949 bits per heavy atom. The van der Waals surface area contributed by atoms with Crippen LogP contribution in [0.15, 0.2) is 79.0 Å². The number of nitrogens with one attached hydrogen (secondary N) is 1. The van der Waals surface area contributed by atoms with Gasteiger partial charge in [-0.1, -0.05) is 48.5 Å². The van der Waals surface area contributed by atoms with Gasteiger partial charge >= 0.3 is 0 Å². The summed E-state index contributed by atoms with van der Waals surface area (Å²) in [6, 6.07) is 22.5. The molecule has 6 rings (SSSR count). The van der Waals surface area contributed by atoms with E-state index >= 15 is 0 Å². The van der Waals surface area contributed by atoms with Gasteiger partial charge in [-0.3, -0.25) is 0 Å². The maximum atomic E-state index is 6.86. The molecule has 2 heterocycles. The summed E-state index contributed by atoms with van der Waals surface area (Å²) < 4.78 is 13.3. The van der Waals surface area contributed by atoms with Crippen LogP contribution >= 0.6 is 0 Å². The number of benzene rings is 3. The van der Waals surface area contributed by atoms with Crippen molar-refractivity contribution in [1.82, 2.24) is 19.7 Å². The van der Waals surface area contributed by atoms with Crippen LogP contribution in [0.3, 0.4) is 0 Å². The summed E-state index contributed by atoms with van der Waals surface area (Å²) in [5.74, 6) is 3.21. The minimum absolute atomic E-state index is 0.291. The van der Waals surface area contributed by atoms with Crippen LogP contribution in [0.1, 0.15) is 46.4 Å². The smallest absolute Gasteiger partial charge is 0.150 e. The Balaban J connectivity index is 1.31. The van der Waals surface area contributed by atoms with Gasteiger partial charge in [-0.15, -0.1) is 10.2 Å². The van der Waals surface area contributed by atoms with E-state index in [-0.39, 0.29) is 6.04 Å². The summed E-state index contributed by atoms with van der Waals surface area (Å²) in [5.41, 5.74) is 14.2. The molecule has 0 bridgehead atoms. The Hall–Kier alpha value is -4.36. The molecule has 0 radical (unpaired) electrons. The number of rotatable bonds is 10. The van der Waals surface area contributed by atoms with Crippen molar-refractivity contribution < 1.29 is 9.47 Å². The predicted octanol–water partition coefficient (Wildman–Crippen LogP) is 5.64. The van der Waals surface area contributed by atoms with Gasteiger partial charge in [-0.2, -0.15) is 0 Å². The van der Waals surface area contributed by atoms with Crippen LogP contribution in [0.25, 0.3) is 16.5 Å². The molecule has 0 saturated carbocycles. The van der Waals surface area contributed by atoms with Crippen molar-refractivity contribution in [2.24, 2.45) is 5.73 Å². The number of H-pyrrole nitrogens is 1. The summed E-state index contributed by atoms with van der Waals surface area (Å²) in [6.07, 6.45) is 7.62. The lowest BCUT2D eigenvalue weighted by Gasteiger charge is -2.18. The molecule has 7 nitrogen and oxygen atoms in total. The Labute approximate surface area is 228 Å². The number of methoxy groups -OCH3 is 2. The number of nitrogens with zero attached hydrogens (tertiary/aromatic N) is 3. The largest absolute Gasteiger partial charge is 0.497 e. The van der Waals surface area contributed by atoms with Crippen LogP contribution in [-0.2, 0) is 25.8 Å². The highest BCUT2D eigenvalue weighted by atomic mass is 16.5. The number of para-hydroxylation sites is 1. The molecule has 5 aromatic rings. The van der Waals surface area contributed by atoms with Crippen molar-refractivity contribution in [2.45, 2.75) is 38.3 Å². The Bertz CT molecular complexity index is 1650. The summed E-state index contributed by atoms with van der Waals surface area (Å²) in [4.78, 5) is 3.38.